The Kier molecular flexibility index (Phi) is 21.8. The van der Waals surface area contributed by atoms with E-state index >= 15 is 0 Å². The molecule has 0 spiro atoms. The third-order valence-electron chi connectivity index (χ3n) is 15.4. The zero-order chi connectivity index (χ0) is 44.1. The van der Waals surface area contributed by atoms with Crippen molar-refractivity contribution in [1.29, 1.82) is 0 Å². The number of nitrogens with one attached hydrogen (secondary N) is 1. The summed E-state index contributed by atoms with van der Waals surface area (Å²) in [7, 11) is -4.10. The fourth-order valence-electron chi connectivity index (χ4n) is 12.0. The zero-order valence-corrected chi connectivity index (χ0v) is 39.2. The van der Waals surface area contributed by atoms with E-state index in [-0.39, 0.29) is 47.4 Å². The van der Waals surface area contributed by atoms with Gasteiger partial charge >= 0.3 is 5.97 Å². The number of aliphatic hydroxyl groups is 1. The van der Waals surface area contributed by atoms with Crippen LogP contribution in [0.4, 0.5) is 0 Å². The summed E-state index contributed by atoms with van der Waals surface area (Å²) in [5.41, 5.74) is -0.0206. The standard InChI is InChI=1S/C52H83NO7S/c1-5-6-7-8-9-10-11-12-13-14-15-16-17-18-19-20-21-22-23-24-25-26-27-28-50(56)60-43-35-36-51(3)42(39-43)30-31-44-46-33-32-45(52(46,4)48(54)40-47(44)51)41(2)29-34-49(55)53-37-38-61(57,58)59/h6-7,9-10,12-13,15-16,18-19,21-22,41-48,54H,5,8,11,14,17,20,23-40H2,1-4H3,(H,53,55)(H,57,58,59)/b7-6-,10-9-,13-12-,16-15-,19-18-,22-21-. The molecule has 0 saturated heterocycles. The van der Waals surface area contributed by atoms with Gasteiger partial charge in [-0.1, -0.05) is 113 Å². The molecule has 4 saturated carbocycles. The number of fused-ring (bicyclic) bond motifs is 5. The Balaban J connectivity index is 1.06. The number of amides is 1. The number of carbonyl (C=O) groups is 2. The van der Waals surface area contributed by atoms with E-state index < -0.39 is 15.9 Å². The molecule has 10 unspecified atom stereocenters. The number of hydrogen-bond donors (Lipinski definition) is 3. The average molecular weight is 866 g/mol. The first-order valence-electron chi connectivity index (χ1n) is 24.3. The van der Waals surface area contributed by atoms with Crippen LogP contribution in [0.2, 0.25) is 0 Å². The third kappa shape index (κ3) is 16.1. The molecule has 10 atom stereocenters. The minimum Gasteiger partial charge on any atom is -0.462 e. The van der Waals surface area contributed by atoms with Gasteiger partial charge in [-0.05, 0) is 162 Å². The van der Waals surface area contributed by atoms with Crippen LogP contribution in [-0.2, 0) is 24.4 Å². The van der Waals surface area contributed by atoms with Gasteiger partial charge in [0.25, 0.3) is 10.1 Å². The lowest BCUT2D eigenvalue weighted by Crippen LogP contribution is -2.59. The molecule has 4 aliphatic carbocycles. The van der Waals surface area contributed by atoms with Crippen molar-refractivity contribution in [2.75, 3.05) is 12.3 Å². The molecule has 0 heterocycles. The van der Waals surface area contributed by atoms with E-state index in [0.717, 1.165) is 116 Å². The lowest BCUT2D eigenvalue weighted by molar-refractivity contribution is -0.181. The van der Waals surface area contributed by atoms with Crippen molar-refractivity contribution in [3.05, 3.63) is 72.9 Å². The molecule has 0 aromatic heterocycles. The van der Waals surface area contributed by atoms with Crippen LogP contribution in [0.25, 0.3) is 0 Å². The minimum atomic E-state index is -4.10. The van der Waals surface area contributed by atoms with Gasteiger partial charge in [-0.3, -0.25) is 14.1 Å². The number of allylic oxidation sites excluding steroid dienone is 12. The van der Waals surface area contributed by atoms with Gasteiger partial charge in [-0.2, -0.15) is 8.42 Å². The number of rotatable bonds is 26. The average Bonchev–Trinajstić information content (AvgIpc) is 3.59. The van der Waals surface area contributed by atoms with Crippen molar-refractivity contribution in [3.8, 4) is 0 Å². The zero-order valence-electron chi connectivity index (χ0n) is 38.4. The van der Waals surface area contributed by atoms with Crippen LogP contribution in [-0.4, -0.2) is 54.5 Å². The van der Waals surface area contributed by atoms with Crippen LogP contribution >= 0.6 is 0 Å². The molecular weight excluding hydrogens is 783 g/mol. The molecule has 0 bridgehead atoms. The van der Waals surface area contributed by atoms with Gasteiger partial charge < -0.3 is 15.2 Å². The second-order valence-corrected chi connectivity index (χ2v) is 20.9. The molecule has 0 aromatic rings. The van der Waals surface area contributed by atoms with Crippen molar-refractivity contribution in [2.24, 2.45) is 46.3 Å². The number of ether oxygens (including phenoxy) is 1. The van der Waals surface area contributed by atoms with Crippen LogP contribution in [0.15, 0.2) is 72.9 Å². The number of aliphatic hydroxyl groups excluding tert-OH is 1. The molecule has 3 N–H and O–H groups in total. The van der Waals surface area contributed by atoms with Gasteiger partial charge in [0.05, 0.1) is 11.9 Å². The highest BCUT2D eigenvalue weighted by Crippen LogP contribution is 2.68. The second kappa shape index (κ2) is 26.1. The molecule has 344 valence electrons. The van der Waals surface area contributed by atoms with Gasteiger partial charge in [-0.25, -0.2) is 0 Å². The quantitative estimate of drug-likeness (QED) is 0.0342. The van der Waals surface area contributed by atoms with Crippen molar-refractivity contribution in [1.82, 2.24) is 5.32 Å². The van der Waals surface area contributed by atoms with Crippen molar-refractivity contribution >= 4 is 22.0 Å². The molecular formula is C52H83NO7S. The van der Waals surface area contributed by atoms with Gasteiger partial charge in [0, 0.05) is 19.4 Å². The van der Waals surface area contributed by atoms with E-state index in [0.29, 0.717) is 48.9 Å². The van der Waals surface area contributed by atoms with Crippen molar-refractivity contribution < 1.29 is 32.4 Å². The number of carbonyl (C=O) groups excluding carboxylic acids is 2. The maximum atomic E-state index is 12.9. The summed E-state index contributed by atoms with van der Waals surface area (Å²) in [6.45, 7) is 9.06. The van der Waals surface area contributed by atoms with E-state index in [1.165, 1.54) is 6.42 Å². The number of hydrogen-bond acceptors (Lipinski definition) is 6. The molecule has 4 fully saturated rings. The molecule has 0 radical (unpaired) electrons. The Morgan fingerprint density at radius 1 is 0.754 bits per heavy atom. The van der Waals surface area contributed by atoms with Crippen LogP contribution in [0.1, 0.15) is 169 Å². The van der Waals surface area contributed by atoms with Crippen LogP contribution in [0.5, 0.6) is 0 Å². The first kappa shape index (κ1) is 50.9. The second-order valence-electron chi connectivity index (χ2n) is 19.4. The summed E-state index contributed by atoms with van der Waals surface area (Å²) < 4.78 is 37.1. The summed E-state index contributed by atoms with van der Waals surface area (Å²) in [6.07, 6.45) is 47.6. The summed E-state index contributed by atoms with van der Waals surface area (Å²) in [6, 6.07) is 0. The lowest BCUT2D eigenvalue weighted by atomic mass is 9.43. The Morgan fingerprint density at radius 3 is 1.98 bits per heavy atom. The fraction of sp³-hybridized carbons (Fsp3) is 0.731. The monoisotopic (exact) mass is 866 g/mol. The number of unbranched alkanes of at least 4 members (excludes halogenated alkanes) is 4. The SMILES string of the molecule is CC/C=C\C/C=C\C/C=C\C/C=C\C/C=C\C/C=C\CCCCCCC(=O)OC1CCC2(C)C(CCC3C2CC(O)C2(C)C(C(C)CCC(=O)NCCS(=O)(=O)O)CCC32)C1. The van der Waals surface area contributed by atoms with E-state index in [1.54, 1.807) is 0 Å². The van der Waals surface area contributed by atoms with Crippen LogP contribution < -0.4 is 5.32 Å². The summed E-state index contributed by atoms with van der Waals surface area (Å²) >= 11 is 0. The first-order chi connectivity index (χ1) is 29.3. The summed E-state index contributed by atoms with van der Waals surface area (Å²) in [5, 5.41) is 14.6. The number of esters is 1. The highest BCUT2D eigenvalue weighted by atomic mass is 32.2. The summed E-state index contributed by atoms with van der Waals surface area (Å²) in [4.78, 5) is 25.3. The van der Waals surface area contributed by atoms with Gasteiger partial charge in [0.15, 0.2) is 0 Å². The molecule has 1 amide bonds. The third-order valence-corrected chi connectivity index (χ3v) is 16.1. The normalized spacial score (nSPS) is 31.1. The van der Waals surface area contributed by atoms with Crippen LogP contribution in [0, 0.1) is 46.3 Å². The van der Waals surface area contributed by atoms with E-state index in [9.17, 15) is 23.1 Å². The molecule has 8 nitrogen and oxygen atoms in total. The predicted molar refractivity (Wildman–Crippen MR) is 250 cm³/mol. The van der Waals surface area contributed by atoms with Gasteiger partial charge in [0.2, 0.25) is 5.91 Å². The predicted octanol–water partition coefficient (Wildman–Crippen LogP) is 12.0. The lowest BCUT2D eigenvalue weighted by Gasteiger charge is -2.62. The molecule has 4 rings (SSSR count). The fourth-order valence-corrected chi connectivity index (χ4v) is 12.3. The molecule has 61 heavy (non-hydrogen) atoms. The topological polar surface area (TPSA) is 130 Å². The van der Waals surface area contributed by atoms with Crippen LogP contribution in [0.3, 0.4) is 0 Å². The minimum absolute atomic E-state index is 0.0101. The van der Waals surface area contributed by atoms with Crippen molar-refractivity contribution in [2.45, 2.75) is 181 Å². The first-order valence-corrected chi connectivity index (χ1v) is 25.9. The van der Waals surface area contributed by atoms with E-state index in [1.807, 2.05) is 0 Å². The van der Waals surface area contributed by atoms with Crippen molar-refractivity contribution in [3.63, 3.8) is 0 Å². The largest absolute Gasteiger partial charge is 0.462 e. The smallest absolute Gasteiger partial charge is 0.306 e. The molecule has 9 heteroatoms. The Hall–Kier alpha value is -2.75. The van der Waals surface area contributed by atoms with E-state index in [2.05, 4.69) is 106 Å². The Bertz CT molecular complexity index is 1630. The maximum Gasteiger partial charge on any atom is 0.306 e. The molecule has 0 aliphatic heterocycles. The highest BCUT2D eigenvalue weighted by molar-refractivity contribution is 7.85. The summed E-state index contributed by atoms with van der Waals surface area (Å²) in [5.74, 6) is 1.93. The molecule has 4 aliphatic rings. The maximum absolute atomic E-state index is 12.9. The van der Waals surface area contributed by atoms with Gasteiger partial charge in [-0.15, -0.1) is 0 Å². The molecule has 0 aromatic carbocycles. The Labute approximate surface area is 371 Å². The van der Waals surface area contributed by atoms with Gasteiger partial charge in [0.1, 0.15) is 6.10 Å². The Morgan fingerprint density at radius 2 is 1.36 bits per heavy atom. The van der Waals surface area contributed by atoms with E-state index in [4.69, 9.17) is 9.29 Å². The highest BCUT2D eigenvalue weighted by Gasteiger charge is 2.63.